The molecule has 1 heterocycles. The molecule has 0 fully saturated rings. The normalized spacial score (nSPS) is 11.9. The van der Waals surface area contributed by atoms with Crippen LogP contribution in [-0.4, -0.2) is 52.4 Å². The van der Waals surface area contributed by atoms with Crippen LogP contribution < -0.4 is 4.74 Å². The van der Waals surface area contributed by atoms with Crippen LogP contribution in [-0.2, 0) is 17.9 Å². The van der Waals surface area contributed by atoms with Crippen molar-refractivity contribution >= 4 is 11.8 Å². The molecule has 1 atom stereocenters. The van der Waals surface area contributed by atoms with Gasteiger partial charge in [0.05, 0.1) is 13.7 Å². The van der Waals surface area contributed by atoms with E-state index in [-0.39, 0.29) is 30.0 Å². The van der Waals surface area contributed by atoms with Crippen molar-refractivity contribution < 1.29 is 18.7 Å². The van der Waals surface area contributed by atoms with Gasteiger partial charge < -0.3 is 19.1 Å². The number of nitrogens with zero attached hydrogens (tertiary/aromatic N) is 3. The third kappa shape index (κ3) is 7.94. The lowest BCUT2D eigenvalue weighted by molar-refractivity contribution is -0.134. The Morgan fingerprint density at radius 2 is 1.79 bits per heavy atom. The van der Waals surface area contributed by atoms with Crippen LogP contribution in [0.1, 0.15) is 62.2 Å². The fourth-order valence-corrected chi connectivity index (χ4v) is 4.32. The third-order valence-corrected chi connectivity index (χ3v) is 6.85. The molecule has 0 saturated carbocycles. The van der Waals surface area contributed by atoms with Crippen LogP contribution in [0.5, 0.6) is 5.75 Å². The number of hydrogen-bond acceptors (Lipinski definition) is 3. The van der Waals surface area contributed by atoms with Gasteiger partial charge in [-0.3, -0.25) is 9.59 Å². The van der Waals surface area contributed by atoms with E-state index in [1.54, 1.807) is 18.1 Å². The summed E-state index contributed by atoms with van der Waals surface area (Å²) in [5, 5.41) is 0. The highest BCUT2D eigenvalue weighted by Gasteiger charge is 2.26. The molecule has 6 nitrogen and oxygen atoms in total. The van der Waals surface area contributed by atoms with Gasteiger partial charge in [-0.25, -0.2) is 4.39 Å². The predicted molar refractivity (Wildman–Crippen MR) is 149 cm³/mol. The fourth-order valence-electron chi connectivity index (χ4n) is 4.32. The van der Waals surface area contributed by atoms with Gasteiger partial charge in [-0.05, 0) is 73.7 Å². The highest BCUT2D eigenvalue weighted by atomic mass is 19.1. The summed E-state index contributed by atoms with van der Waals surface area (Å²) in [6.07, 6.45) is 3.55. The lowest BCUT2D eigenvalue weighted by Crippen LogP contribution is -2.46. The molecule has 1 aromatic heterocycles. The van der Waals surface area contributed by atoms with E-state index in [9.17, 15) is 14.0 Å². The monoisotopic (exact) mass is 521 g/mol. The molecule has 0 radical (unpaired) electrons. The SMILES string of the molecule is CCC(C)N(Cc1cccn1Cc1cccc(OC)c1)C(=O)CN(CCC(C)C)C(=O)c1cccc(F)c1. The number of benzene rings is 2. The summed E-state index contributed by atoms with van der Waals surface area (Å²) >= 11 is 0. The van der Waals surface area contributed by atoms with Crippen LogP contribution in [0.3, 0.4) is 0 Å². The molecule has 0 aliphatic heterocycles. The highest BCUT2D eigenvalue weighted by Crippen LogP contribution is 2.18. The molecule has 204 valence electrons. The van der Waals surface area contributed by atoms with Crippen LogP contribution in [0.15, 0.2) is 66.9 Å². The summed E-state index contributed by atoms with van der Waals surface area (Å²) in [7, 11) is 1.65. The van der Waals surface area contributed by atoms with Crippen LogP contribution in [0.4, 0.5) is 4.39 Å². The van der Waals surface area contributed by atoms with Gasteiger partial charge in [0.2, 0.25) is 5.91 Å². The molecule has 0 aliphatic rings. The van der Waals surface area contributed by atoms with E-state index in [0.29, 0.717) is 25.6 Å². The summed E-state index contributed by atoms with van der Waals surface area (Å²) in [4.78, 5) is 30.4. The second kappa shape index (κ2) is 13.8. The summed E-state index contributed by atoms with van der Waals surface area (Å²) in [6.45, 7) is 9.69. The smallest absolute Gasteiger partial charge is 0.254 e. The third-order valence-electron chi connectivity index (χ3n) is 6.85. The second-order valence-corrected chi connectivity index (χ2v) is 10.2. The van der Waals surface area contributed by atoms with Gasteiger partial charge in [0.1, 0.15) is 18.1 Å². The van der Waals surface area contributed by atoms with Crippen molar-refractivity contribution in [3.63, 3.8) is 0 Å². The lowest BCUT2D eigenvalue weighted by atomic mass is 10.1. The van der Waals surface area contributed by atoms with Crippen molar-refractivity contribution in [2.24, 2.45) is 5.92 Å². The zero-order valence-electron chi connectivity index (χ0n) is 23.2. The maximum absolute atomic E-state index is 13.8. The lowest BCUT2D eigenvalue weighted by Gasteiger charge is -2.32. The minimum absolute atomic E-state index is 0.0149. The maximum atomic E-state index is 13.8. The number of methoxy groups -OCH3 is 1. The molecule has 38 heavy (non-hydrogen) atoms. The van der Waals surface area contributed by atoms with Gasteiger partial charge in [-0.15, -0.1) is 0 Å². The first-order chi connectivity index (χ1) is 18.2. The Kier molecular flexibility index (Phi) is 10.5. The topological polar surface area (TPSA) is 54.8 Å². The number of halogens is 1. The summed E-state index contributed by atoms with van der Waals surface area (Å²) < 4.78 is 21.3. The average Bonchev–Trinajstić information content (AvgIpc) is 3.34. The van der Waals surface area contributed by atoms with Crippen molar-refractivity contribution in [1.29, 1.82) is 0 Å². The van der Waals surface area contributed by atoms with E-state index in [0.717, 1.165) is 29.8 Å². The number of aromatic nitrogens is 1. The van der Waals surface area contributed by atoms with Gasteiger partial charge in [0, 0.05) is 36.6 Å². The highest BCUT2D eigenvalue weighted by molar-refractivity contribution is 5.96. The molecule has 3 aromatic rings. The number of carbonyl (C=O) groups is 2. The molecular weight excluding hydrogens is 481 g/mol. The second-order valence-electron chi connectivity index (χ2n) is 10.2. The van der Waals surface area contributed by atoms with Crippen molar-refractivity contribution in [3.05, 3.63) is 89.5 Å². The van der Waals surface area contributed by atoms with Crippen molar-refractivity contribution in [3.8, 4) is 5.75 Å². The summed E-state index contributed by atoms with van der Waals surface area (Å²) in [6, 6.07) is 17.6. The molecule has 7 heteroatoms. The standard InChI is InChI=1S/C31H40FN3O3/c1-6-24(4)35(21-28-13-9-16-33(28)20-25-10-7-14-29(18-25)38-5)30(36)22-34(17-15-23(2)3)31(37)26-11-8-12-27(32)19-26/h7-14,16,18-19,23-24H,6,15,17,20-22H2,1-5H3. The molecular formula is C31H40FN3O3. The first-order valence-electron chi connectivity index (χ1n) is 13.3. The van der Waals surface area contributed by atoms with Gasteiger partial charge >= 0.3 is 0 Å². The Morgan fingerprint density at radius 1 is 1.03 bits per heavy atom. The number of amides is 2. The van der Waals surface area contributed by atoms with E-state index >= 15 is 0 Å². The predicted octanol–water partition coefficient (Wildman–Crippen LogP) is 6.00. The van der Waals surface area contributed by atoms with Gasteiger partial charge in [-0.1, -0.05) is 39.0 Å². The minimum Gasteiger partial charge on any atom is -0.497 e. The number of rotatable bonds is 13. The summed E-state index contributed by atoms with van der Waals surface area (Å²) in [5.41, 5.74) is 2.36. The van der Waals surface area contributed by atoms with Crippen LogP contribution in [0, 0.1) is 11.7 Å². The zero-order chi connectivity index (χ0) is 27.7. The van der Waals surface area contributed by atoms with E-state index in [4.69, 9.17) is 4.74 Å². The Labute approximate surface area is 226 Å². The fraction of sp³-hybridized carbons (Fsp3) is 0.419. The minimum atomic E-state index is -0.469. The van der Waals surface area contributed by atoms with Crippen LogP contribution >= 0.6 is 0 Å². The van der Waals surface area contributed by atoms with Gasteiger partial charge in [0.15, 0.2) is 0 Å². The first kappa shape index (κ1) is 29.0. The van der Waals surface area contributed by atoms with E-state index in [1.807, 2.05) is 48.4 Å². The van der Waals surface area contributed by atoms with Crippen molar-refractivity contribution in [1.82, 2.24) is 14.4 Å². The van der Waals surface area contributed by atoms with Gasteiger partial charge in [-0.2, -0.15) is 0 Å². The van der Waals surface area contributed by atoms with Crippen LogP contribution in [0.25, 0.3) is 0 Å². The van der Waals surface area contributed by atoms with Crippen molar-refractivity contribution in [2.75, 3.05) is 20.2 Å². The Balaban J connectivity index is 1.80. The van der Waals surface area contributed by atoms with E-state index in [1.165, 1.54) is 18.2 Å². The molecule has 3 rings (SSSR count). The molecule has 2 aromatic carbocycles. The Bertz CT molecular complexity index is 1210. The number of ether oxygens (including phenoxy) is 1. The molecule has 1 unspecified atom stereocenters. The molecule has 0 saturated heterocycles. The Hall–Kier alpha value is -3.61. The van der Waals surface area contributed by atoms with E-state index in [2.05, 4.69) is 31.4 Å². The van der Waals surface area contributed by atoms with Crippen LogP contribution in [0.2, 0.25) is 0 Å². The molecule has 0 aliphatic carbocycles. The van der Waals surface area contributed by atoms with Gasteiger partial charge in [0.25, 0.3) is 5.91 Å². The average molecular weight is 522 g/mol. The van der Waals surface area contributed by atoms with E-state index < -0.39 is 5.82 Å². The Morgan fingerprint density at radius 3 is 2.47 bits per heavy atom. The molecule has 2 amide bonds. The largest absolute Gasteiger partial charge is 0.497 e. The van der Waals surface area contributed by atoms with Crippen molar-refractivity contribution in [2.45, 2.75) is 59.7 Å². The molecule has 0 bridgehead atoms. The number of hydrogen-bond donors (Lipinski definition) is 0. The molecule has 0 spiro atoms. The molecule has 0 N–H and O–H groups in total. The first-order valence-corrected chi connectivity index (χ1v) is 13.3. The quantitative estimate of drug-likeness (QED) is 0.277. The number of carbonyl (C=O) groups excluding carboxylic acids is 2. The maximum Gasteiger partial charge on any atom is 0.254 e. The summed E-state index contributed by atoms with van der Waals surface area (Å²) in [5.74, 6) is 0.241. The zero-order valence-corrected chi connectivity index (χ0v) is 23.2.